The normalized spacial score (nSPS) is 10.6. The summed E-state index contributed by atoms with van der Waals surface area (Å²) in [5.74, 6) is 5.66. The van der Waals surface area contributed by atoms with Gasteiger partial charge in [0.1, 0.15) is 0 Å². The Morgan fingerprint density at radius 2 is 2.09 bits per heavy atom. The fourth-order valence-electron chi connectivity index (χ4n) is 1.26. The second-order valence-corrected chi connectivity index (χ2v) is 2.79. The van der Waals surface area contributed by atoms with Gasteiger partial charge in [0.15, 0.2) is 0 Å². The van der Waals surface area contributed by atoms with Crippen LogP contribution >= 0.6 is 0 Å². The summed E-state index contributed by atoms with van der Waals surface area (Å²) in [5, 5.41) is 1.19. The fourth-order valence-corrected chi connectivity index (χ4v) is 1.26. The van der Waals surface area contributed by atoms with Crippen molar-refractivity contribution in [3.8, 4) is 0 Å². The van der Waals surface area contributed by atoms with Gasteiger partial charge in [-0.2, -0.15) is 0 Å². The van der Waals surface area contributed by atoms with Crippen LogP contribution in [0.2, 0.25) is 0 Å². The van der Waals surface area contributed by atoms with E-state index < -0.39 is 0 Å². The molecule has 1 aromatic carbocycles. The number of nitrogens with two attached hydrogens (primary N) is 1. The second-order valence-electron chi connectivity index (χ2n) is 2.79. The number of benzene rings is 1. The number of hydrogen-bond donors (Lipinski definition) is 1. The number of nitrogens with zero attached hydrogens (tertiary/aromatic N) is 1. The molecule has 0 aliphatic rings. The standard InChI is InChI=1S/C9H10N2/c1-7-2-3-8-4-5-11(10)9(8)6-7/h2-6H,10H2,1H3. The first-order valence-electron chi connectivity index (χ1n) is 3.60. The van der Waals surface area contributed by atoms with Gasteiger partial charge in [-0.15, -0.1) is 0 Å². The van der Waals surface area contributed by atoms with Crippen LogP contribution in [0.15, 0.2) is 30.5 Å². The third kappa shape index (κ3) is 0.871. The van der Waals surface area contributed by atoms with Crippen LogP contribution in [0.25, 0.3) is 10.9 Å². The summed E-state index contributed by atoms with van der Waals surface area (Å²) < 4.78 is 1.64. The predicted octanol–water partition coefficient (Wildman–Crippen LogP) is 1.66. The third-order valence-electron chi connectivity index (χ3n) is 1.88. The molecule has 2 nitrogen and oxygen atoms in total. The SMILES string of the molecule is Cc1ccc2ccn(N)c2c1. The Balaban J connectivity index is 2.87. The van der Waals surface area contributed by atoms with E-state index in [0.29, 0.717) is 0 Å². The molecule has 1 aromatic heterocycles. The van der Waals surface area contributed by atoms with Gasteiger partial charge >= 0.3 is 0 Å². The van der Waals surface area contributed by atoms with Crippen LogP contribution in [0.5, 0.6) is 0 Å². The van der Waals surface area contributed by atoms with Crippen molar-refractivity contribution < 1.29 is 0 Å². The Morgan fingerprint density at radius 1 is 1.27 bits per heavy atom. The van der Waals surface area contributed by atoms with Gasteiger partial charge in [-0.25, -0.2) is 0 Å². The summed E-state index contributed by atoms with van der Waals surface area (Å²) in [6, 6.07) is 8.25. The van der Waals surface area contributed by atoms with Crippen molar-refractivity contribution in [3.63, 3.8) is 0 Å². The molecular weight excluding hydrogens is 136 g/mol. The van der Waals surface area contributed by atoms with Gasteiger partial charge in [-0.3, -0.25) is 4.68 Å². The molecule has 2 aromatic rings. The van der Waals surface area contributed by atoms with Gasteiger partial charge < -0.3 is 5.84 Å². The molecule has 0 bridgehead atoms. The van der Waals surface area contributed by atoms with Crippen LogP contribution in [0, 0.1) is 6.92 Å². The molecule has 0 spiro atoms. The average Bonchev–Trinajstić information content (AvgIpc) is 2.33. The number of hydrogen-bond acceptors (Lipinski definition) is 1. The number of nitrogen functional groups attached to an aromatic ring is 1. The van der Waals surface area contributed by atoms with E-state index in [1.54, 1.807) is 4.68 Å². The lowest BCUT2D eigenvalue weighted by Gasteiger charge is -1.96. The van der Waals surface area contributed by atoms with Crippen LogP contribution in [0.3, 0.4) is 0 Å². The topological polar surface area (TPSA) is 30.9 Å². The molecule has 1 heterocycles. The van der Waals surface area contributed by atoms with Gasteiger partial charge in [0.05, 0.1) is 5.52 Å². The van der Waals surface area contributed by atoms with Crippen molar-refractivity contribution in [2.24, 2.45) is 0 Å². The molecule has 0 saturated heterocycles. The summed E-state index contributed by atoms with van der Waals surface area (Å²) in [4.78, 5) is 0. The molecule has 0 atom stereocenters. The number of aryl methyl sites for hydroxylation is 1. The number of fused-ring (bicyclic) bond motifs is 1. The van der Waals surface area contributed by atoms with Crippen molar-refractivity contribution >= 4 is 10.9 Å². The number of rotatable bonds is 0. The quantitative estimate of drug-likeness (QED) is 0.563. The van der Waals surface area contributed by atoms with Crippen molar-refractivity contribution in [1.29, 1.82) is 0 Å². The zero-order valence-corrected chi connectivity index (χ0v) is 6.41. The fraction of sp³-hybridized carbons (Fsp3) is 0.111. The maximum atomic E-state index is 5.66. The molecule has 0 aliphatic carbocycles. The largest absolute Gasteiger partial charge is 0.339 e. The minimum atomic E-state index is 1.09. The maximum Gasteiger partial charge on any atom is 0.0692 e. The van der Waals surface area contributed by atoms with E-state index in [9.17, 15) is 0 Å². The Kier molecular flexibility index (Phi) is 1.15. The monoisotopic (exact) mass is 146 g/mol. The van der Waals surface area contributed by atoms with Gasteiger partial charge in [0.2, 0.25) is 0 Å². The van der Waals surface area contributed by atoms with Gasteiger partial charge in [-0.05, 0) is 24.6 Å². The summed E-state index contributed by atoms with van der Waals surface area (Å²) in [7, 11) is 0. The predicted molar refractivity (Wildman–Crippen MR) is 46.8 cm³/mol. The van der Waals surface area contributed by atoms with E-state index in [4.69, 9.17) is 5.84 Å². The molecule has 0 amide bonds. The van der Waals surface area contributed by atoms with E-state index in [1.807, 2.05) is 12.3 Å². The van der Waals surface area contributed by atoms with E-state index in [0.717, 1.165) is 5.52 Å². The summed E-state index contributed by atoms with van der Waals surface area (Å²) in [5.41, 5.74) is 2.33. The van der Waals surface area contributed by atoms with Crippen LogP contribution in [0.4, 0.5) is 0 Å². The summed E-state index contributed by atoms with van der Waals surface area (Å²) >= 11 is 0. The molecule has 2 rings (SSSR count). The Morgan fingerprint density at radius 3 is 2.91 bits per heavy atom. The van der Waals surface area contributed by atoms with E-state index in [-0.39, 0.29) is 0 Å². The molecule has 11 heavy (non-hydrogen) atoms. The minimum absolute atomic E-state index is 1.09. The van der Waals surface area contributed by atoms with Crippen LogP contribution in [0.1, 0.15) is 5.56 Å². The van der Waals surface area contributed by atoms with Gasteiger partial charge in [0, 0.05) is 11.6 Å². The first-order chi connectivity index (χ1) is 5.27. The molecular formula is C9H10N2. The highest BCUT2D eigenvalue weighted by molar-refractivity contribution is 5.80. The molecule has 0 fully saturated rings. The highest BCUT2D eigenvalue weighted by Gasteiger charge is 1.96. The summed E-state index contributed by atoms with van der Waals surface area (Å²) in [6.07, 6.45) is 1.87. The zero-order chi connectivity index (χ0) is 7.84. The van der Waals surface area contributed by atoms with Crippen molar-refractivity contribution in [2.45, 2.75) is 6.92 Å². The molecule has 2 N–H and O–H groups in total. The second kappa shape index (κ2) is 2.02. The lowest BCUT2D eigenvalue weighted by Crippen LogP contribution is -2.04. The summed E-state index contributed by atoms with van der Waals surface area (Å²) in [6.45, 7) is 2.06. The molecule has 0 aliphatic heterocycles. The lowest BCUT2D eigenvalue weighted by atomic mass is 10.2. The highest BCUT2D eigenvalue weighted by atomic mass is 15.3. The molecule has 56 valence electrons. The smallest absolute Gasteiger partial charge is 0.0692 e. The van der Waals surface area contributed by atoms with Crippen molar-refractivity contribution in [1.82, 2.24) is 4.68 Å². The van der Waals surface area contributed by atoms with Gasteiger partial charge in [0.25, 0.3) is 0 Å². The zero-order valence-electron chi connectivity index (χ0n) is 6.41. The number of aromatic nitrogens is 1. The van der Waals surface area contributed by atoms with Crippen LogP contribution < -0.4 is 5.84 Å². The van der Waals surface area contributed by atoms with Crippen LogP contribution in [-0.4, -0.2) is 4.68 Å². The highest BCUT2D eigenvalue weighted by Crippen LogP contribution is 2.14. The van der Waals surface area contributed by atoms with E-state index >= 15 is 0 Å². The maximum absolute atomic E-state index is 5.66. The van der Waals surface area contributed by atoms with Gasteiger partial charge in [-0.1, -0.05) is 12.1 Å². The Bertz CT molecular complexity index is 387. The van der Waals surface area contributed by atoms with E-state index in [2.05, 4.69) is 25.1 Å². The first-order valence-corrected chi connectivity index (χ1v) is 3.60. The Labute approximate surface area is 65.2 Å². The average molecular weight is 146 g/mol. The lowest BCUT2D eigenvalue weighted by molar-refractivity contribution is 1.07. The van der Waals surface area contributed by atoms with Crippen molar-refractivity contribution in [3.05, 3.63) is 36.0 Å². The molecule has 0 radical (unpaired) electrons. The Hall–Kier alpha value is -1.44. The third-order valence-corrected chi connectivity index (χ3v) is 1.88. The van der Waals surface area contributed by atoms with Crippen LogP contribution in [-0.2, 0) is 0 Å². The molecule has 0 saturated carbocycles. The minimum Gasteiger partial charge on any atom is -0.339 e. The van der Waals surface area contributed by atoms with E-state index in [1.165, 1.54) is 10.9 Å². The first kappa shape index (κ1) is 6.28. The molecule has 0 unspecified atom stereocenters. The molecule has 2 heteroatoms. The van der Waals surface area contributed by atoms with Crippen molar-refractivity contribution in [2.75, 3.05) is 5.84 Å².